The van der Waals surface area contributed by atoms with Crippen LogP contribution in [0, 0.1) is 0 Å². The molecule has 174 valence electrons. The summed E-state index contributed by atoms with van der Waals surface area (Å²) in [4.78, 5) is 16.9. The molecule has 0 N–H and O–H groups in total. The lowest BCUT2D eigenvalue weighted by atomic mass is 10.1. The summed E-state index contributed by atoms with van der Waals surface area (Å²) < 4.78 is 12.6. The predicted molar refractivity (Wildman–Crippen MR) is 128 cm³/mol. The number of amides is 1. The SMILES string of the molecule is COCc1nnc(SCc2ccc(C(=O)N3CCN(C)CC3)cc2)n1-c1ccc(OC)cc1. The largest absolute Gasteiger partial charge is 0.497 e. The van der Waals surface area contributed by atoms with E-state index in [9.17, 15) is 4.79 Å². The Morgan fingerprint density at radius 3 is 2.30 bits per heavy atom. The second kappa shape index (κ2) is 10.8. The molecule has 0 atom stereocenters. The van der Waals surface area contributed by atoms with Crippen molar-refractivity contribution in [3.05, 3.63) is 65.5 Å². The minimum absolute atomic E-state index is 0.103. The third-order valence-electron chi connectivity index (χ3n) is 5.66. The number of hydrogen-bond donors (Lipinski definition) is 0. The summed E-state index contributed by atoms with van der Waals surface area (Å²) in [5.41, 5.74) is 2.80. The smallest absolute Gasteiger partial charge is 0.253 e. The van der Waals surface area contributed by atoms with Gasteiger partial charge in [0.2, 0.25) is 0 Å². The number of rotatable bonds is 8. The van der Waals surface area contributed by atoms with E-state index in [0.29, 0.717) is 12.4 Å². The highest BCUT2D eigenvalue weighted by molar-refractivity contribution is 7.98. The van der Waals surface area contributed by atoms with Crippen LogP contribution in [0.5, 0.6) is 5.75 Å². The molecule has 0 spiro atoms. The summed E-state index contributed by atoms with van der Waals surface area (Å²) in [7, 11) is 5.38. The summed E-state index contributed by atoms with van der Waals surface area (Å²) >= 11 is 1.60. The molecule has 0 saturated carbocycles. The second-order valence-electron chi connectivity index (χ2n) is 7.95. The van der Waals surface area contributed by atoms with Crippen LogP contribution in [-0.2, 0) is 17.1 Å². The van der Waals surface area contributed by atoms with Crippen molar-refractivity contribution in [3.63, 3.8) is 0 Å². The average Bonchev–Trinajstić information content (AvgIpc) is 3.26. The maximum Gasteiger partial charge on any atom is 0.253 e. The Labute approximate surface area is 198 Å². The van der Waals surface area contributed by atoms with Gasteiger partial charge in [-0.15, -0.1) is 10.2 Å². The summed E-state index contributed by atoms with van der Waals surface area (Å²) in [5.74, 6) is 2.34. The molecule has 0 bridgehead atoms. The van der Waals surface area contributed by atoms with E-state index in [1.807, 2.05) is 58.0 Å². The zero-order valence-electron chi connectivity index (χ0n) is 19.2. The maximum atomic E-state index is 12.8. The summed E-state index contributed by atoms with van der Waals surface area (Å²) in [6.45, 7) is 3.75. The topological polar surface area (TPSA) is 72.7 Å². The van der Waals surface area contributed by atoms with Crippen molar-refractivity contribution in [2.24, 2.45) is 0 Å². The van der Waals surface area contributed by atoms with Crippen LogP contribution in [0.4, 0.5) is 0 Å². The van der Waals surface area contributed by atoms with E-state index in [0.717, 1.165) is 59.7 Å². The van der Waals surface area contributed by atoms with Gasteiger partial charge in [0.25, 0.3) is 5.91 Å². The van der Waals surface area contributed by atoms with Gasteiger partial charge >= 0.3 is 0 Å². The van der Waals surface area contributed by atoms with E-state index < -0.39 is 0 Å². The van der Waals surface area contributed by atoms with Crippen LogP contribution in [0.3, 0.4) is 0 Å². The molecule has 1 amide bonds. The molecule has 1 fully saturated rings. The van der Waals surface area contributed by atoms with Gasteiger partial charge in [-0.2, -0.15) is 0 Å². The molecular weight excluding hydrogens is 438 g/mol. The van der Waals surface area contributed by atoms with Gasteiger partial charge < -0.3 is 19.3 Å². The Balaban J connectivity index is 1.45. The van der Waals surface area contributed by atoms with Gasteiger partial charge in [-0.25, -0.2) is 0 Å². The number of carbonyl (C=O) groups excluding carboxylic acids is 1. The Hall–Kier alpha value is -2.88. The molecule has 0 unspecified atom stereocenters. The molecule has 1 saturated heterocycles. The van der Waals surface area contributed by atoms with Crippen LogP contribution in [0.15, 0.2) is 53.7 Å². The first-order chi connectivity index (χ1) is 16.1. The van der Waals surface area contributed by atoms with E-state index in [-0.39, 0.29) is 5.91 Å². The number of likely N-dealkylation sites (N-methyl/N-ethyl adjacent to an activating group) is 1. The van der Waals surface area contributed by atoms with Crippen LogP contribution < -0.4 is 4.74 Å². The maximum absolute atomic E-state index is 12.8. The molecule has 3 aromatic rings. The van der Waals surface area contributed by atoms with Crippen molar-refractivity contribution in [1.82, 2.24) is 24.6 Å². The highest BCUT2D eigenvalue weighted by Crippen LogP contribution is 2.27. The number of aromatic nitrogens is 3. The summed E-state index contributed by atoms with van der Waals surface area (Å²) in [5, 5.41) is 9.48. The van der Waals surface area contributed by atoms with Crippen LogP contribution in [0.1, 0.15) is 21.7 Å². The van der Waals surface area contributed by atoms with E-state index in [1.54, 1.807) is 26.0 Å². The Kier molecular flexibility index (Phi) is 7.64. The number of benzene rings is 2. The molecule has 9 heteroatoms. The number of piperazine rings is 1. The highest BCUT2D eigenvalue weighted by Gasteiger charge is 2.20. The molecule has 1 aliphatic heterocycles. The molecule has 8 nitrogen and oxygen atoms in total. The first-order valence-electron chi connectivity index (χ1n) is 10.9. The summed E-state index contributed by atoms with van der Waals surface area (Å²) in [6, 6.07) is 15.6. The normalized spacial score (nSPS) is 14.5. The van der Waals surface area contributed by atoms with Crippen LogP contribution in [-0.4, -0.2) is 77.9 Å². The predicted octanol–water partition coefficient (Wildman–Crippen LogP) is 3.10. The molecule has 33 heavy (non-hydrogen) atoms. The van der Waals surface area contributed by atoms with Crippen molar-refractivity contribution < 1.29 is 14.3 Å². The van der Waals surface area contributed by atoms with Crippen molar-refractivity contribution in [3.8, 4) is 11.4 Å². The fraction of sp³-hybridized carbons (Fsp3) is 0.375. The first-order valence-corrected chi connectivity index (χ1v) is 11.8. The second-order valence-corrected chi connectivity index (χ2v) is 8.89. The lowest BCUT2D eigenvalue weighted by molar-refractivity contribution is 0.0664. The number of ether oxygens (including phenoxy) is 2. The monoisotopic (exact) mass is 467 g/mol. The molecule has 2 aromatic carbocycles. The van der Waals surface area contributed by atoms with E-state index in [2.05, 4.69) is 22.1 Å². The van der Waals surface area contributed by atoms with Crippen molar-refractivity contribution in [2.75, 3.05) is 47.4 Å². The molecular formula is C24H29N5O3S. The molecule has 4 rings (SSSR count). The lowest BCUT2D eigenvalue weighted by Gasteiger charge is -2.32. The number of thioether (sulfide) groups is 1. The van der Waals surface area contributed by atoms with Crippen LogP contribution in [0.2, 0.25) is 0 Å². The number of nitrogens with zero attached hydrogens (tertiary/aromatic N) is 5. The van der Waals surface area contributed by atoms with Gasteiger partial charge in [0, 0.05) is 50.3 Å². The third kappa shape index (κ3) is 5.55. The van der Waals surface area contributed by atoms with Gasteiger partial charge in [-0.05, 0) is 49.0 Å². The van der Waals surface area contributed by atoms with Gasteiger partial charge in [0.15, 0.2) is 11.0 Å². The number of carbonyl (C=O) groups is 1. The van der Waals surface area contributed by atoms with E-state index >= 15 is 0 Å². The highest BCUT2D eigenvalue weighted by atomic mass is 32.2. The first kappa shape index (κ1) is 23.3. The van der Waals surface area contributed by atoms with E-state index in [4.69, 9.17) is 9.47 Å². The third-order valence-corrected chi connectivity index (χ3v) is 6.66. The lowest BCUT2D eigenvalue weighted by Crippen LogP contribution is -2.47. The molecule has 0 aliphatic carbocycles. The fourth-order valence-electron chi connectivity index (χ4n) is 3.69. The molecule has 1 aromatic heterocycles. The Bertz CT molecular complexity index is 1060. The standard InChI is InChI=1S/C24H29N5O3S/c1-27-12-14-28(15-13-27)23(30)19-6-4-18(5-7-19)17-33-24-26-25-22(16-31-2)29(24)20-8-10-21(32-3)11-9-20/h4-11H,12-17H2,1-3H3. The fourth-order valence-corrected chi connectivity index (χ4v) is 4.62. The van der Waals surface area contributed by atoms with Crippen LogP contribution >= 0.6 is 11.8 Å². The number of methoxy groups -OCH3 is 2. The minimum Gasteiger partial charge on any atom is -0.497 e. The van der Waals surface area contributed by atoms with Crippen molar-refractivity contribution in [2.45, 2.75) is 17.5 Å². The van der Waals surface area contributed by atoms with Crippen LogP contribution in [0.25, 0.3) is 5.69 Å². The molecule has 1 aliphatic rings. The number of hydrogen-bond acceptors (Lipinski definition) is 7. The van der Waals surface area contributed by atoms with Gasteiger partial charge in [0.1, 0.15) is 12.4 Å². The molecule has 2 heterocycles. The van der Waals surface area contributed by atoms with Crippen molar-refractivity contribution in [1.29, 1.82) is 0 Å². The Morgan fingerprint density at radius 2 is 1.67 bits per heavy atom. The minimum atomic E-state index is 0.103. The van der Waals surface area contributed by atoms with Gasteiger partial charge in [-0.3, -0.25) is 9.36 Å². The summed E-state index contributed by atoms with van der Waals surface area (Å²) in [6.07, 6.45) is 0. The molecule has 0 radical (unpaired) electrons. The zero-order chi connectivity index (χ0) is 23.2. The van der Waals surface area contributed by atoms with Crippen molar-refractivity contribution >= 4 is 17.7 Å². The van der Waals surface area contributed by atoms with Gasteiger partial charge in [-0.1, -0.05) is 23.9 Å². The Morgan fingerprint density at radius 1 is 0.970 bits per heavy atom. The average molecular weight is 468 g/mol. The van der Waals surface area contributed by atoms with Gasteiger partial charge in [0.05, 0.1) is 7.11 Å². The van der Waals surface area contributed by atoms with E-state index in [1.165, 1.54) is 0 Å². The quantitative estimate of drug-likeness (QED) is 0.472. The zero-order valence-corrected chi connectivity index (χ0v) is 20.0.